The van der Waals surface area contributed by atoms with E-state index in [0.29, 0.717) is 5.02 Å². The Morgan fingerprint density at radius 2 is 2.10 bits per heavy atom. The summed E-state index contributed by atoms with van der Waals surface area (Å²) < 4.78 is 5.37. The van der Waals surface area contributed by atoms with E-state index in [1.807, 2.05) is 0 Å². The smallest absolute Gasteiger partial charge is 0.349 e. The van der Waals surface area contributed by atoms with E-state index >= 15 is 0 Å². The summed E-state index contributed by atoms with van der Waals surface area (Å²) in [7, 11) is 1.59. The zero-order chi connectivity index (χ0) is 14.7. The Morgan fingerprint density at radius 3 is 2.70 bits per heavy atom. The van der Waals surface area contributed by atoms with Crippen molar-refractivity contribution in [2.75, 3.05) is 12.4 Å². The number of nitro groups is 1. The van der Waals surface area contributed by atoms with Gasteiger partial charge in [-0.1, -0.05) is 23.2 Å². The first-order valence-corrected chi connectivity index (χ1v) is 6.09. The van der Waals surface area contributed by atoms with Gasteiger partial charge in [0.2, 0.25) is 5.95 Å². The third-order valence-electron chi connectivity index (χ3n) is 2.26. The van der Waals surface area contributed by atoms with Crippen molar-refractivity contribution in [1.29, 1.82) is 0 Å². The molecule has 1 N–H and O–H groups in total. The van der Waals surface area contributed by atoms with Gasteiger partial charge in [-0.3, -0.25) is 10.1 Å². The Bertz CT molecular complexity index is 666. The molecule has 1 aromatic carbocycles. The van der Waals surface area contributed by atoms with Crippen LogP contribution in [0.25, 0.3) is 0 Å². The minimum absolute atomic E-state index is 0.187. The summed E-state index contributed by atoms with van der Waals surface area (Å²) in [5, 5.41) is 14.2. The SMILES string of the molecule is CNc1ncc([N+](=O)[O-])c(Oc2ccc(Cl)c(Cl)c2)n1. The molecule has 20 heavy (non-hydrogen) atoms. The number of nitrogens with zero attached hydrogens (tertiary/aromatic N) is 3. The first-order chi connectivity index (χ1) is 9.51. The molecule has 7 nitrogen and oxygen atoms in total. The summed E-state index contributed by atoms with van der Waals surface area (Å²) in [6.07, 6.45) is 1.06. The second kappa shape index (κ2) is 5.89. The molecule has 0 aliphatic carbocycles. The van der Waals surface area contributed by atoms with Crippen molar-refractivity contribution in [1.82, 2.24) is 9.97 Å². The predicted molar refractivity (Wildman–Crippen MR) is 74.8 cm³/mol. The largest absolute Gasteiger partial charge is 0.434 e. The maximum absolute atomic E-state index is 10.9. The van der Waals surface area contributed by atoms with Crippen LogP contribution in [0.15, 0.2) is 24.4 Å². The fourth-order valence-corrected chi connectivity index (χ4v) is 1.62. The predicted octanol–water partition coefficient (Wildman–Crippen LogP) is 3.53. The number of benzene rings is 1. The van der Waals surface area contributed by atoms with Gasteiger partial charge in [0.15, 0.2) is 0 Å². The van der Waals surface area contributed by atoms with Crippen molar-refractivity contribution in [3.8, 4) is 11.6 Å². The van der Waals surface area contributed by atoms with Crippen LogP contribution in [0.2, 0.25) is 10.0 Å². The molecule has 0 bridgehead atoms. The van der Waals surface area contributed by atoms with Gasteiger partial charge < -0.3 is 10.1 Å². The highest BCUT2D eigenvalue weighted by molar-refractivity contribution is 6.42. The van der Waals surface area contributed by atoms with Crippen LogP contribution in [0.1, 0.15) is 0 Å². The molecule has 0 fully saturated rings. The zero-order valence-electron chi connectivity index (χ0n) is 10.1. The van der Waals surface area contributed by atoms with E-state index in [1.165, 1.54) is 18.2 Å². The lowest BCUT2D eigenvalue weighted by molar-refractivity contribution is -0.386. The number of rotatable bonds is 4. The molecule has 2 rings (SSSR count). The molecule has 0 unspecified atom stereocenters. The van der Waals surface area contributed by atoms with E-state index in [2.05, 4.69) is 15.3 Å². The third-order valence-corrected chi connectivity index (χ3v) is 3.00. The molecule has 104 valence electrons. The first kappa shape index (κ1) is 14.3. The highest BCUT2D eigenvalue weighted by Gasteiger charge is 2.19. The lowest BCUT2D eigenvalue weighted by atomic mass is 10.3. The molecule has 0 spiro atoms. The highest BCUT2D eigenvalue weighted by atomic mass is 35.5. The number of anilines is 1. The van der Waals surface area contributed by atoms with Gasteiger partial charge in [-0.05, 0) is 12.1 Å². The average molecular weight is 315 g/mol. The van der Waals surface area contributed by atoms with Crippen LogP contribution in [0.5, 0.6) is 11.6 Å². The molecule has 0 aliphatic rings. The summed E-state index contributed by atoms with van der Waals surface area (Å²) in [4.78, 5) is 17.9. The van der Waals surface area contributed by atoms with Gasteiger partial charge in [-0.15, -0.1) is 0 Å². The fraction of sp³-hybridized carbons (Fsp3) is 0.0909. The average Bonchev–Trinajstić information content (AvgIpc) is 2.42. The molecule has 0 aliphatic heterocycles. The summed E-state index contributed by atoms with van der Waals surface area (Å²) in [6, 6.07) is 4.49. The van der Waals surface area contributed by atoms with E-state index in [4.69, 9.17) is 27.9 Å². The maximum Gasteiger partial charge on any atom is 0.349 e. The number of hydrogen-bond donors (Lipinski definition) is 1. The molecule has 0 saturated carbocycles. The number of nitrogens with one attached hydrogen (secondary N) is 1. The minimum atomic E-state index is -0.633. The van der Waals surface area contributed by atoms with Crippen molar-refractivity contribution in [2.24, 2.45) is 0 Å². The van der Waals surface area contributed by atoms with Gasteiger partial charge in [-0.2, -0.15) is 4.98 Å². The molecule has 0 amide bonds. The molecule has 0 radical (unpaired) electrons. The summed E-state index contributed by atoms with van der Waals surface area (Å²) in [6.45, 7) is 0. The highest BCUT2D eigenvalue weighted by Crippen LogP contribution is 2.32. The standard InChI is InChI=1S/C11H8Cl2N4O3/c1-14-11-15-5-9(17(18)19)10(16-11)20-6-2-3-7(12)8(13)4-6/h2-5H,1H3,(H,14,15,16). The number of ether oxygens (including phenoxy) is 1. The second-order valence-corrected chi connectivity index (χ2v) is 4.38. The van der Waals surface area contributed by atoms with Gasteiger partial charge in [-0.25, -0.2) is 4.98 Å². The van der Waals surface area contributed by atoms with Crippen molar-refractivity contribution >= 4 is 34.8 Å². The van der Waals surface area contributed by atoms with Crippen molar-refractivity contribution in [3.05, 3.63) is 44.6 Å². The van der Waals surface area contributed by atoms with Gasteiger partial charge in [0, 0.05) is 13.1 Å². The summed E-state index contributed by atoms with van der Waals surface area (Å²) in [5.41, 5.74) is -0.352. The minimum Gasteiger partial charge on any atom is -0.434 e. The van der Waals surface area contributed by atoms with Crippen LogP contribution in [-0.4, -0.2) is 21.9 Å². The van der Waals surface area contributed by atoms with Crippen LogP contribution < -0.4 is 10.1 Å². The number of hydrogen-bond acceptors (Lipinski definition) is 6. The summed E-state index contributed by atoms with van der Waals surface area (Å²) >= 11 is 11.6. The molecule has 0 saturated heterocycles. The Balaban J connectivity index is 2.40. The molecule has 1 aromatic heterocycles. The van der Waals surface area contributed by atoms with Crippen LogP contribution >= 0.6 is 23.2 Å². The zero-order valence-corrected chi connectivity index (χ0v) is 11.6. The van der Waals surface area contributed by atoms with E-state index in [-0.39, 0.29) is 28.3 Å². The molecular formula is C11H8Cl2N4O3. The second-order valence-electron chi connectivity index (χ2n) is 3.57. The molecule has 2 aromatic rings. The molecule has 9 heteroatoms. The molecule has 1 heterocycles. The monoisotopic (exact) mass is 314 g/mol. The van der Waals surface area contributed by atoms with Gasteiger partial charge >= 0.3 is 11.6 Å². The lowest BCUT2D eigenvalue weighted by Gasteiger charge is -2.07. The maximum atomic E-state index is 10.9. The lowest BCUT2D eigenvalue weighted by Crippen LogP contribution is -2.01. The van der Waals surface area contributed by atoms with E-state index in [1.54, 1.807) is 7.05 Å². The first-order valence-electron chi connectivity index (χ1n) is 5.33. The van der Waals surface area contributed by atoms with E-state index in [0.717, 1.165) is 6.20 Å². The van der Waals surface area contributed by atoms with Gasteiger partial charge in [0.25, 0.3) is 0 Å². The summed E-state index contributed by atoms with van der Waals surface area (Å²) in [5.74, 6) is 0.293. The third kappa shape index (κ3) is 3.06. The molecule has 0 atom stereocenters. The fourth-order valence-electron chi connectivity index (χ4n) is 1.33. The van der Waals surface area contributed by atoms with Crippen LogP contribution in [0.4, 0.5) is 11.6 Å². The Kier molecular flexibility index (Phi) is 4.21. The Hall–Kier alpha value is -2.12. The van der Waals surface area contributed by atoms with Crippen LogP contribution in [0, 0.1) is 10.1 Å². The van der Waals surface area contributed by atoms with Crippen molar-refractivity contribution in [3.63, 3.8) is 0 Å². The normalized spacial score (nSPS) is 10.2. The van der Waals surface area contributed by atoms with Gasteiger partial charge in [0.1, 0.15) is 11.9 Å². The number of aromatic nitrogens is 2. The number of halogens is 2. The van der Waals surface area contributed by atoms with Crippen LogP contribution in [0.3, 0.4) is 0 Å². The Labute approximate surface area is 123 Å². The van der Waals surface area contributed by atoms with E-state index in [9.17, 15) is 10.1 Å². The van der Waals surface area contributed by atoms with Crippen molar-refractivity contribution in [2.45, 2.75) is 0 Å². The Morgan fingerprint density at radius 1 is 1.35 bits per heavy atom. The van der Waals surface area contributed by atoms with Crippen molar-refractivity contribution < 1.29 is 9.66 Å². The van der Waals surface area contributed by atoms with Gasteiger partial charge in [0.05, 0.1) is 15.0 Å². The van der Waals surface area contributed by atoms with Crippen LogP contribution in [-0.2, 0) is 0 Å². The van der Waals surface area contributed by atoms with E-state index < -0.39 is 4.92 Å². The topological polar surface area (TPSA) is 90.2 Å². The quantitative estimate of drug-likeness (QED) is 0.685. The molecular weight excluding hydrogens is 307 g/mol.